The SMILES string of the molecule is C=C1CC=CC(c2[nH]c3c(c2Br)C(=O)NCC3)=CC1c1cnc2ccccc2c1. The second-order valence-electron chi connectivity index (χ2n) is 7.50. The third-order valence-corrected chi connectivity index (χ3v) is 6.42. The number of nitrogens with zero attached hydrogens (tertiary/aromatic N) is 1. The molecule has 2 aromatic heterocycles. The van der Waals surface area contributed by atoms with Crippen LogP contribution in [0.1, 0.15) is 39.6 Å². The van der Waals surface area contributed by atoms with Gasteiger partial charge in [-0.15, -0.1) is 0 Å². The van der Waals surface area contributed by atoms with E-state index >= 15 is 0 Å². The van der Waals surface area contributed by atoms with Crippen molar-refractivity contribution in [1.29, 1.82) is 0 Å². The van der Waals surface area contributed by atoms with Gasteiger partial charge in [0.1, 0.15) is 0 Å². The molecule has 0 fully saturated rings. The second-order valence-corrected chi connectivity index (χ2v) is 8.29. The smallest absolute Gasteiger partial charge is 0.254 e. The Balaban J connectivity index is 1.61. The maximum atomic E-state index is 12.3. The van der Waals surface area contributed by atoms with E-state index < -0.39 is 0 Å². The zero-order valence-electron chi connectivity index (χ0n) is 15.8. The van der Waals surface area contributed by atoms with Crippen molar-refractivity contribution in [2.24, 2.45) is 0 Å². The molecule has 1 aromatic carbocycles. The fourth-order valence-corrected chi connectivity index (χ4v) is 4.86. The summed E-state index contributed by atoms with van der Waals surface area (Å²) < 4.78 is 0.823. The molecule has 5 rings (SSSR count). The standard InChI is InChI=1S/C24H20BrN3O/c1-14-5-4-7-16(23-22(25)21-20(28-23)9-10-26-24(21)29)12-18(14)17-11-15-6-2-3-8-19(15)27-13-17/h2-4,6-8,11-13,18,28H,1,5,9-10H2,(H,26,29). The first-order valence-electron chi connectivity index (χ1n) is 9.71. The Hall–Kier alpha value is -2.92. The lowest BCUT2D eigenvalue weighted by atomic mass is 9.90. The summed E-state index contributed by atoms with van der Waals surface area (Å²) >= 11 is 3.66. The van der Waals surface area contributed by atoms with E-state index in [9.17, 15) is 4.79 Å². The number of benzene rings is 1. The number of carbonyl (C=O) groups is 1. The average molecular weight is 446 g/mol. The molecule has 29 heavy (non-hydrogen) atoms. The van der Waals surface area contributed by atoms with Crippen LogP contribution in [-0.4, -0.2) is 22.4 Å². The molecule has 0 saturated carbocycles. The van der Waals surface area contributed by atoms with Gasteiger partial charge in [0.2, 0.25) is 0 Å². The molecular weight excluding hydrogens is 426 g/mol. The van der Waals surface area contributed by atoms with Crippen molar-refractivity contribution in [3.05, 3.63) is 93.9 Å². The van der Waals surface area contributed by atoms with Gasteiger partial charge in [-0.2, -0.15) is 0 Å². The molecule has 1 aliphatic heterocycles. The highest BCUT2D eigenvalue weighted by molar-refractivity contribution is 9.10. The van der Waals surface area contributed by atoms with E-state index in [0.717, 1.165) is 56.3 Å². The van der Waals surface area contributed by atoms with Crippen molar-refractivity contribution >= 4 is 38.3 Å². The van der Waals surface area contributed by atoms with Gasteiger partial charge in [-0.05, 0) is 45.6 Å². The summed E-state index contributed by atoms with van der Waals surface area (Å²) in [6.07, 6.45) is 10.0. The van der Waals surface area contributed by atoms with Crippen LogP contribution in [0.2, 0.25) is 0 Å². The normalized spacial score (nSPS) is 18.9. The molecule has 1 unspecified atom stereocenters. The number of rotatable bonds is 2. The molecule has 0 saturated heterocycles. The number of H-pyrrole nitrogens is 1. The van der Waals surface area contributed by atoms with E-state index in [4.69, 9.17) is 0 Å². The van der Waals surface area contributed by atoms with Gasteiger partial charge >= 0.3 is 0 Å². The summed E-state index contributed by atoms with van der Waals surface area (Å²) in [5.74, 6) is 0.0247. The second kappa shape index (κ2) is 7.16. The van der Waals surface area contributed by atoms with Crippen LogP contribution in [0.5, 0.6) is 0 Å². The molecule has 4 nitrogen and oxygen atoms in total. The van der Waals surface area contributed by atoms with E-state index in [1.165, 1.54) is 0 Å². The Bertz CT molecular complexity index is 1220. The molecule has 0 bridgehead atoms. The highest BCUT2D eigenvalue weighted by atomic mass is 79.9. The number of amides is 1. The molecular formula is C24H20BrN3O. The number of aromatic nitrogens is 2. The quantitative estimate of drug-likeness (QED) is 0.526. The summed E-state index contributed by atoms with van der Waals surface area (Å²) in [7, 11) is 0. The zero-order chi connectivity index (χ0) is 20.0. The molecule has 3 aromatic rings. The number of nitrogens with one attached hydrogen (secondary N) is 2. The predicted octanol–water partition coefficient (Wildman–Crippen LogP) is 5.29. The van der Waals surface area contributed by atoms with E-state index in [0.29, 0.717) is 12.1 Å². The number of hydrogen-bond acceptors (Lipinski definition) is 2. The van der Waals surface area contributed by atoms with Gasteiger partial charge in [-0.3, -0.25) is 9.78 Å². The largest absolute Gasteiger partial charge is 0.357 e. The molecule has 1 amide bonds. The Morgan fingerprint density at radius 1 is 1.24 bits per heavy atom. The van der Waals surface area contributed by atoms with Crippen LogP contribution in [0.3, 0.4) is 0 Å². The lowest BCUT2D eigenvalue weighted by molar-refractivity contribution is 0.0945. The topological polar surface area (TPSA) is 57.8 Å². The third-order valence-electron chi connectivity index (χ3n) is 5.63. The first-order valence-corrected chi connectivity index (χ1v) is 10.5. The summed E-state index contributed by atoms with van der Waals surface area (Å²) in [6.45, 7) is 4.99. The number of halogens is 1. The van der Waals surface area contributed by atoms with Crippen LogP contribution in [0.4, 0.5) is 0 Å². The minimum absolute atomic E-state index is 0.0292. The number of para-hydroxylation sites is 1. The monoisotopic (exact) mass is 445 g/mol. The molecule has 0 radical (unpaired) electrons. The van der Waals surface area contributed by atoms with Crippen LogP contribution in [-0.2, 0) is 6.42 Å². The van der Waals surface area contributed by atoms with E-state index in [1.54, 1.807) is 0 Å². The van der Waals surface area contributed by atoms with Crippen molar-refractivity contribution in [2.75, 3.05) is 6.54 Å². The highest BCUT2D eigenvalue weighted by Crippen LogP contribution is 2.38. The highest BCUT2D eigenvalue weighted by Gasteiger charge is 2.26. The molecule has 1 atom stereocenters. The van der Waals surface area contributed by atoms with Crippen molar-refractivity contribution in [3.8, 4) is 0 Å². The Labute approximate surface area is 177 Å². The predicted molar refractivity (Wildman–Crippen MR) is 120 cm³/mol. The summed E-state index contributed by atoms with van der Waals surface area (Å²) in [4.78, 5) is 20.4. The molecule has 2 aliphatic rings. The maximum Gasteiger partial charge on any atom is 0.254 e. The minimum Gasteiger partial charge on any atom is -0.357 e. The number of allylic oxidation sites excluding steroid dienone is 5. The van der Waals surface area contributed by atoms with Crippen molar-refractivity contribution < 1.29 is 4.79 Å². The fourth-order valence-electron chi connectivity index (χ4n) is 4.11. The summed E-state index contributed by atoms with van der Waals surface area (Å²) in [5.41, 5.74) is 6.93. The Morgan fingerprint density at radius 3 is 2.97 bits per heavy atom. The van der Waals surface area contributed by atoms with Crippen LogP contribution in [0.25, 0.3) is 16.5 Å². The molecule has 1 aliphatic carbocycles. The zero-order valence-corrected chi connectivity index (χ0v) is 17.4. The van der Waals surface area contributed by atoms with Gasteiger partial charge < -0.3 is 10.3 Å². The number of pyridine rings is 1. The van der Waals surface area contributed by atoms with E-state index in [-0.39, 0.29) is 11.8 Å². The van der Waals surface area contributed by atoms with Gasteiger partial charge in [0, 0.05) is 36.2 Å². The molecule has 0 spiro atoms. The first kappa shape index (κ1) is 18.1. The average Bonchev–Trinajstić information content (AvgIpc) is 2.95. The first-order chi connectivity index (χ1) is 14.1. The van der Waals surface area contributed by atoms with Gasteiger partial charge in [0.25, 0.3) is 5.91 Å². The van der Waals surface area contributed by atoms with E-state index in [2.05, 4.69) is 68.2 Å². The number of hydrogen-bond donors (Lipinski definition) is 2. The van der Waals surface area contributed by atoms with Crippen molar-refractivity contribution in [1.82, 2.24) is 15.3 Å². The lowest BCUT2D eigenvalue weighted by Crippen LogP contribution is -2.31. The van der Waals surface area contributed by atoms with Gasteiger partial charge in [-0.25, -0.2) is 0 Å². The third kappa shape index (κ3) is 3.15. The lowest BCUT2D eigenvalue weighted by Gasteiger charge is -2.16. The molecule has 144 valence electrons. The Morgan fingerprint density at radius 2 is 2.10 bits per heavy atom. The van der Waals surface area contributed by atoms with Crippen LogP contribution >= 0.6 is 15.9 Å². The number of aromatic amines is 1. The summed E-state index contributed by atoms with van der Waals surface area (Å²) in [6, 6.07) is 10.3. The molecule has 5 heteroatoms. The fraction of sp³-hybridized carbons (Fsp3) is 0.167. The van der Waals surface area contributed by atoms with Gasteiger partial charge in [0.05, 0.1) is 21.2 Å². The molecule has 3 heterocycles. The van der Waals surface area contributed by atoms with Crippen molar-refractivity contribution in [3.63, 3.8) is 0 Å². The molecule has 2 N–H and O–H groups in total. The number of carbonyl (C=O) groups excluding carboxylic acids is 1. The van der Waals surface area contributed by atoms with Gasteiger partial charge in [0.15, 0.2) is 0 Å². The number of fused-ring (bicyclic) bond motifs is 2. The van der Waals surface area contributed by atoms with Crippen LogP contribution in [0, 0.1) is 0 Å². The van der Waals surface area contributed by atoms with E-state index in [1.807, 2.05) is 24.4 Å². The van der Waals surface area contributed by atoms with Crippen LogP contribution < -0.4 is 5.32 Å². The van der Waals surface area contributed by atoms with Crippen molar-refractivity contribution in [2.45, 2.75) is 18.8 Å². The Kier molecular flexibility index (Phi) is 4.47. The van der Waals surface area contributed by atoms with Gasteiger partial charge in [-0.1, -0.05) is 48.6 Å². The summed E-state index contributed by atoms with van der Waals surface area (Å²) in [5, 5.41) is 4.04. The minimum atomic E-state index is -0.0292. The van der Waals surface area contributed by atoms with Crippen LogP contribution in [0.15, 0.2) is 71.4 Å². The maximum absolute atomic E-state index is 12.3.